The van der Waals surface area contributed by atoms with Crippen LogP contribution in [0.2, 0.25) is 0 Å². The molecule has 0 saturated carbocycles. The van der Waals surface area contributed by atoms with Crippen LogP contribution >= 0.6 is 0 Å². The van der Waals surface area contributed by atoms with E-state index in [4.69, 9.17) is 12.2 Å². The summed E-state index contributed by atoms with van der Waals surface area (Å²) in [5.74, 6) is 2.70. The number of terminal acetylenes is 1. The quantitative estimate of drug-likeness (QED) is 0.802. The maximum absolute atomic E-state index is 5.68. The summed E-state index contributed by atoms with van der Waals surface area (Å²) >= 11 is 0. The Labute approximate surface area is 102 Å². The summed E-state index contributed by atoms with van der Waals surface area (Å²) in [6.07, 6.45) is 6.11. The minimum atomic E-state index is 0.587. The van der Waals surface area contributed by atoms with E-state index in [1.54, 1.807) is 0 Å². The fraction of sp³-hybridized carbons (Fsp3) is 0.333. The normalized spacial score (nSPS) is 10.7. The zero-order valence-electron chi connectivity index (χ0n) is 10.5. The molecule has 2 nitrogen and oxygen atoms in total. The van der Waals surface area contributed by atoms with Crippen LogP contribution in [0.15, 0.2) is 18.2 Å². The van der Waals surface area contributed by atoms with Gasteiger partial charge < -0.3 is 10.3 Å². The van der Waals surface area contributed by atoms with Gasteiger partial charge in [-0.05, 0) is 37.1 Å². The van der Waals surface area contributed by atoms with Crippen molar-refractivity contribution in [2.45, 2.75) is 33.4 Å². The lowest BCUT2D eigenvalue weighted by Crippen LogP contribution is -2.00. The summed E-state index contributed by atoms with van der Waals surface area (Å²) in [6, 6.07) is 6.42. The Morgan fingerprint density at radius 2 is 2.12 bits per heavy atom. The third-order valence-corrected chi connectivity index (χ3v) is 3.42. The molecule has 88 valence electrons. The number of nitrogens with two attached hydrogens (primary N) is 1. The third-order valence-electron chi connectivity index (χ3n) is 3.42. The summed E-state index contributed by atoms with van der Waals surface area (Å²) in [5, 5.41) is 1.29. The van der Waals surface area contributed by atoms with Gasteiger partial charge in [0.15, 0.2) is 0 Å². The topological polar surface area (TPSA) is 30.9 Å². The number of rotatable bonds is 3. The molecule has 1 aromatic carbocycles. The van der Waals surface area contributed by atoms with Crippen LogP contribution in [0.25, 0.3) is 10.9 Å². The summed E-state index contributed by atoms with van der Waals surface area (Å²) in [4.78, 5) is 0. The highest BCUT2D eigenvalue weighted by Crippen LogP contribution is 2.26. The van der Waals surface area contributed by atoms with E-state index >= 15 is 0 Å². The van der Waals surface area contributed by atoms with E-state index in [9.17, 15) is 0 Å². The van der Waals surface area contributed by atoms with Gasteiger partial charge in [-0.15, -0.1) is 12.3 Å². The summed E-state index contributed by atoms with van der Waals surface area (Å²) < 4.78 is 2.30. The van der Waals surface area contributed by atoms with Gasteiger partial charge in [0, 0.05) is 36.1 Å². The van der Waals surface area contributed by atoms with Crippen LogP contribution < -0.4 is 5.73 Å². The number of nitrogens with zero attached hydrogens (tertiary/aromatic N) is 1. The Morgan fingerprint density at radius 3 is 2.76 bits per heavy atom. The van der Waals surface area contributed by atoms with Crippen molar-refractivity contribution < 1.29 is 0 Å². The number of aryl methyl sites for hydroxylation is 2. The van der Waals surface area contributed by atoms with Crippen molar-refractivity contribution in [3.8, 4) is 12.3 Å². The summed E-state index contributed by atoms with van der Waals surface area (Å²) in [5.41, 5.74) is 10.7. The van der Waals surface area contributed by atoms with Crippen molar-refractivity contribution in [3.63, 3.8) is 0 Å². The van der Waals surface area contributed by atoms with Gasteiger partial charge in [0.05, 0.1) is 0 Å². The molecule has 1 aromatic heterocycles. The number of aromatic nitrogens is 1. The monoisotopic (exact) mass is 226 g/mol. The van der Waals surface area contributed by atoms with Crippen molar-refractivity contribution in [2.24, 2.45) is 5.73 Å². The molecule has 2 N–H and O–H groups in total. The van der Waals surface area contributed by atoms with E-state index in [0.29, 0.717) is 6.54 Å². The van der Waals surface area contributed by atoms with E-state index < -0.39 is 0 Å². The van der Waals surface area contributed by atoms with Gasteiger partial charge in [0.2, 0.25) is 0 Å². The SMILES string of the molecule is C#CCCn1c(C)c(C)c2cc(CN)ccc21. The van der Waals surface area contributed by atoms with E-state index in [2.05, 4.69) is 42.5 Å². The molecule has 2 rings (SSSR count). The Bertz CT molecular complexity index is 585. The first-order valence-electron chi connectivity index (χ1n) is 5.91. The van der Waals surface area contributed by atoms with E-state index in [0.717, 1.165) is 13.0 Å². The molecule has 0 radical (unpaired) electrons. The molecule has 0 aliphatic heterocycles. The molecule has 17 heavy (non-hydrogen) atoms. The Balaban J connectivity index is 2.61. The second-order valence-corrected chi connectivity index (χ2v) is 4.37. The van der Waals surface area contributed by atoms with Gasteiger partial charge in [-0.2, -0.15) is 0 Å². The molecule has 2 aromatic rings. The average molecular weight is 226 g/mol. The molecule has 0 aliphatic rings. The maximum atomic E-state index is 5.68. The lowest BCUT2D eigenvalue weighted by atomic mass is 10.1. The Hall–Kier alpha value is -1.72. The van der Waals surface area contributed by atoms with E-state index in [1.165, 1.54) is 27.7 Å². The summed E-state index contributed by atoms with van der Waals surface area (Å²) in [7, 11) is 0. The molecular weight excluding hydrogens is 208 g/mol. The maximum Gasteiger partial charge on any atom is 0.0485 e. The van der Waals surface area contributed by atoms with Crippen LogP contribution in [0, 0.1) is 26.2 Å². The predicted molar refractivity (Wildman–Crippen MR) is 72.8 cm³/mol. The second-order valence-electron chi connectivity index (χ2n) is 4.37. The standard InChI is InChI=1S/C15H18N2/c1-4-5-8-17-12(3)11(2)14-9-13(10-16)6-7-15(14)17/h1,6-7,9H,5,8,10,16H2,2-3H3. The van der Waals surface area contributed by atoms with Gasteiger partial charge in [0.25, 0.3) is 0 Å². The smallest absolute Gasteiger partial charge is 0.0485 e. The number of fused-ring (bicyclic) bond motifs is 1. The lowest BCUT2D eigenvalue weighted by Gasteiger charge is -2.06. The highest BCUT2D eigenvalue weighted by atomic mass is 15.0. The predicted octanol–water partition coefficient (Wildman–Crippen LogP) is 2.74. The largest absolute Gasteiger partial charge is 0.344 e. The van der Waals surface area contributed by atoms with Crippen LogP contribution in [0.4, 0.5) is 0 Å². The highest BCUT2D eigenvalue weighted by Gasteiger charge is 2.10. The highest BCUT2D eigenvalue weighted by molar-refractivity contribution is 5.86. The molecule has 0 fully saturated rings. The van der Waals surface area contributed by atoms with Crippen molar-refractivity contribution in [3.05, 3.63) is 35.0 Å². The van der Waals surface area contributed by atoms with Gasteiger partial charge in [-0.25, -0.2) is 0 Å². The van der Waals surface area contributed by atoms with Gasteiger partial charge in [-0.1, -0.05) is 6.07 Å². The van der Waals surface area contributed by atoms with Gasteiger partial charge >= 0.3 is 0 Å². The van der Waals surface area contributed by atoms with E-state index in [-0.39, 0.29) is 0 Å². The molecule has 0 unspecified atom stereocenters. The van der Waals surface area contributed by atoms with Crippen LogP contribution in [-0.4, -0.2) is 4.57 Å². The van der Waals surface area contributed by atoms with Crippen molar-refractivity contribution in [1.82, 2.24) is 4.57 Å². The molecule has 0 aliphatic carbocycles. The molecule has 2 heteroatoms. The number of hydrogen-bond acceptors (Lipinski definition) is 1. The number of hydrogen-bond donors (Lipinski definition) is 1. The third kappa shape index (κ3) is 1.94. The average Bonchev–Trinajstić information content (AvgIpc) is 2.60. The molecule has 0 amide bonds. The van der Waals surface area contributed by atoms with Crippen LogP contribution in [0.3, 0.4) is 0 Å². The molecule has 0 bridgehead atoms. The number of benzene rings is 1. The first-order chi connectivity index (χ1) is 8.19. The van der Waals surface area contributed by atoms with Gasteiger partial charge in [-0.3, -0.25) is 0 Å². The summed E-state index contributed by atoms with van der Waals surface area (Å²) in [6.45, 7) is 5.77. The van der Waals surface area contributed by atoms with Crippen molar-refractivity contribution in [1.29, 1.82) is 0 Å². The van der Waals surface area contributed by atoms with Crippen LogP contribution in [0.1, 0.15) is 23.2 Å². The zero-order chi connectivity index (χ0) is 12.4. The van der Waals surface area contributed by atoms with Crippen LogP contribution in [-0.2, 0) is 13.1 Å². The minimum absolute atomic E-state index is 0.587. The van der Waals surface area contributed by atoms with Crippen molar-refractivity contribution >= 4 is 10.9 Å². The molecule has 0 spiro atoms. The Morgan fingerprint density at radius 1 is 1.35 bits per heavy atom. The fourth-order valence-electron chi connectivity index (χ4n) is 2.29. The van der Waals surface area contributed by atoms with Crippen LogP contribution in [0.5, 0.6) is 0 Å². The van der Waals surface area contributed by atoms with Crippen molar-refractivity contribution in [2.75, 3.05) is 0 Å². The zero-order valence-corrected chi connectivity index (χ0v) is 10.5. The fourth-order valence-corrected chi connectivity index (χ4v) is 2.29. The van der Waals surface area contributed by atoms with E-state index in [1.807, 2.05) is 0 Å². The molecule has 1 heterocycles. The molecule has 0 saturated heterocycles. The molecular formula is C15H18N2. The first-order valence-corrected chi connectivity index (χ1v) is 5.91. The lowest BCUT2D eigenvalue weighted by molar-refractivity contribution is 0.724. The van der Waals surface area contributed by atoms with Gasteiger partial charge in [0.1, 0.15) is 0 Å². The first kappa shape index (κ1) is 11.8. The molecule has 0 atom stereocenters. The Kier molecular flexibility index (Phi) is 3.21. The second kappa shape index (κ2) is 4.65. The minimum Gasteiger partial charge on any atom is -0.344 e.